The molecule has 0 N–H and O–H groups in total. The monoisotopic (exact) mass is 213 g/mol. The predicted molar refractivity (Wildman–Crippen MR) is 56.6 cm³/mol. The first-order chi connectivity index (χ1) is 6.76. The van der Waals surface area contributed by atoms with Gasteiger partial charge in [-0.1, -0.05) is 6.92 Å². The highest BCUT2D eigenvalue weighted by Gasteiger charge is 2.37. The zero-order valence-corrected chi connectivity index (χ0v) is 9.87. The highest BCUT2D eigenvalue weighted by Crippen LogP contribution is 2.28. The second-order valence-corrected chi connectivity index (χ2v) is 5.42. The van der Waals surface area contributed by atoms with Crippen LogP contribution in [0.5, 0.6) is 0 Å². The Morgan fingerprint density at radius 2 is 2.07 bits per heavy atom. The van der Waals surface area contributed by atoms with Crippen molar-refractivity contribution < 1.29 is 14.3 Å². The molecule has 0 saturated carbocycles. The first-order valence-corrected chi connectivity index (χ1v) is 5.20. The van der Waals surface area contributed by atoms with Crippen LogP contribution in [0.4, 0.5) is 4.79 Å². The summed E-state index contributed by atoms with van der Waals surface area (Å²) in [7, 11) is 0. The van der Waals surface area contributed by atoms with Crippen LogP contribution in [-0.2, 0) is 9.53 Å². The van der Waals surface area contributed by atoms with Gasteiger partial charge in [-0.25, -0.2) is 4.79 Å². The number of hydrogen-bond acceptors (Lipinski definition) is 3. The summed E-state index contributed by atoms with van der Waals surface area (Å²) in [6.45, 7) is 8.43. The van der Waals surface area contributed by atoms with E-state index in [4.69, 9.17) is 4.74 Å². The van der Waals surface area contributed by atoms with Crippen molar-refractivity contribution in [3.8, 4) is 0 Å². The number of carbonyl (C=O) groups is 2. The second kappa shape index (κ2) is 3.83. The van der Waals surface area contributed by atoms with Crippen LogP contribution in [0, 0.1) is 5.41 Å². The van der Waals surface area contributed by atoms with E-state index in [-0.39, 0.29) is 6.09 Å². The fraction of sp³-hybridized carbons (Fsp3) is 0.818. The molecule has 0 aromatic carbocycles. The topological polar surface area (TPSA) is 46.6 Å². The number of carbonyl (C=O) groups excluding carboxylic acids is 2. The quantitative estimate of drug-likeness (QED) is 0.624. The van der Waals surface area contributed by atoms with E-state index < -0.39 is 11.0 Å². The smallest absolute Gasteiger partial charge is 0.410 e. The summed E-state index contributed by atoms with van der Waals surface area (Å²) in [6.07, 6.45) is 1.32. The standard InChI is InChI=1S/C11H19NO3/c1-10(2,3)15-9(14)12-6-5-11(4,7-12)8-13/h8H,5-7H2,1-4H3/t11-/m0/s1. The summed E-state index contributed by atoms with van der Waals surface area (Å²) in [5.41, 5.74) is -0.867. The first-order valence-electron chi connectivity index (χ1n) is 5.20. The number of hydrogen-bond donors (Lipinski definition) is 0. The molecule has 1 fully saturated rings. The Bertz CT molecular complexity index is 269. The van der Waals surface area contributed by atoms with Crippen LogP contribution in [0.3, 0.4) is 0 Å². The number of rotatable bonds is 1. The van der Waals surface area contributed by atoms with Crippen molar-refractivity contribution in [2.45, 2.75) is 39.7 Å². The molecule has 1 aliphatic rings. The number of aldehydes is 1. The van der Waals surface area contributed by atoms with Gasteiger partial charge in [-0.15, -0.1) is 0 Å². The third kappa shape index (κ3) is 3.22. The lowest BCUT2D eigenvalue weighted by Gasteiger charge is -2.25. The van der Waals surface area contributed by atoms with Gasteiger partial charge in [-0.2, -0.15) is 0 Å². The van der Waals surface area contributed by atoms with Crippen molar-refractivity contribution in [1.82, 2.24) is 4.90 Å². The number of nitrogens with zero attached hydrogens (tertiary/aromatic N) is 1. The molecule has 4 nitrogen and oxygen atoms in total. The average molecular weight is 213 g/mol. The molecule has 0 aromatic heterocycles. The largest absolute Gasteiger partial charge is 0.444 e. The number of ether oxygens (including phenoxy) is 1. The molecule has 0 aromatic rings. The van der Waals surface area contributed by atoms with Gasteiger partial charge in [0.25, 0.3) is 0 Å². The summed E-state index contributed by atoms with van der Waals surface area (Å²) >= 11 is 0. The molecule has 0 aliphatic carbocycles. The lowest BCUT2D eigenvalue weighted by atomic mass is 9.92. The molecule has 15 heavy (non-hydrogen) atoms. The van der Waals surface area contributed by atoms with Gasteiger partial charge in [0.1, 0.15) is 11.9 Å². The van der Waals surface area contributed by atoms with Crippen LogP contribution >= 0.6 is 0 Å². The molecule has 1 amide bonds. The van der Waals surface area contributed by atoms with Crippen LogP contribution < -0.4 is 0 Å². The molecule has 4 heteroatoms. The van der Waals surface area contributed by atoms with Gasteiger partial charge in [0.15, 0.2) is 0 Å². The van der Waals surface area contributed by atoms with Gasteiger partial charge >= 0.3 is 6.09 Å². The van der Waals surface area contributed by atoms with Crippen molar-refractivity contribution in [3.63, 3.8) is 0 Å². The third-order valence-corrected chi connectivity index (χ3v) is 2.44. The highest BCUT2D eigenvalue weighted by atomic mass is 16.6. The van der Waals surface area contributed by atoms with E-state index in [0.29, 0.717) is 13.1 Å². The Hall–Kier alpha value is -1.06. The summed E-state index contributed by atoms with van der Waals surface area (Å²) < 4.78 is 5.23. The maximum absolute atomic E-state index is 11.7. The van der Waals surface area contributed by atoms with Gasteiger partial charge in [0, 0.05) is 18.5 Å². The number of amides is 1. The predicted octanol–water partition coefficient (Wildman–Crippen LogP) is 1.83. The maximum atomic E-state index is 11.7. The molecule has 0 unspecified atom stereocenters. The minimum atomic E-state index is -0.475. The van der Waals surface area contributed by atoms with E-state index in [1.165, 1.54) is 0 Å². The normalized spacial score (nSPS) is 26.5. The minimum absolute atomic E-state index is 0.326. The lowest BCUT2D eigenvalue weighted by molar-refractivity contribution is -0.114. The summed E-state index contributed by atoms with van der Waals surface area (Å²) in [5.74, 6) is 0. The molecule has 0 bridgehead atoms. The van der Waals surface area contributed by atoms with Crippen LogP contribution in [0.2, 0.25) is 0 Å². The molecule has 86 valence electrons. The molecule has 1 heterocycles. The molecular weight excluding hydrogens is 194 g/mol. The van der Waals surface area contributed by atoms with Crippen LogP contribution in [0.25, 0.3) is 0 Å². The fourth-order valence-corrected chi connectivity index (χ4v) is 1.56. The zero-order chi connectivity index (χ0) is 11.7. The van der Waals surface area contributed by atoms with Gasteiger partial charge in [0.2, 0.25) is 0 Å². The Morgan fingerprint density at radius 1 is 1.47 bits per heavy atom. The molecule has 1 aliphatic heterocycles. The summed E-state index contributed by atoms with van der Waals surface area (Å²) in [4.78, 5) is 24.1. The van der Waals surface area contributed by atoms with Crippen LogP contribution in [-0.4, -0.2) is 36.0 Å². The number of likely N-dealkylation sites (tertiary alicyclic amines) is 1. The van der Waals surface area contributed by atoms with E-state index >= 15 is 0 Å². The van der Waals surface area contributed by atoms with E-state index in [0.717, 1.165) is 12.7 Å². The van der Waals surface area contributed by atoms with Crippen molar-refractivity contribution in [1.29, 1.82) is 0 Å². The Morgan fingerprint density at radius 3 is 2.47 bits per heavy atom. The highest BCUT2D eigenvalue weighted by molar-refractivity contribution is 5.71. The molecule has 1 saturated heterocycles. The summed E-state index contributed by atoms with van der Waals surface area (Å²) in [5, 5.41) is 0. The molecule has 0 radical (unpaired) electrons. The second-order valence-electron chi connectivity index (χ2n) is 5.42. The van der Waals surface area contributed by atoms with Crippen molar-refractivity contribution in [2.75, 3.05) is 13.1 Å². The van der Waals surface area contributed by atoms with Gasteiger partial charge in [-0.05, 0) is 27.2 Å². The Balaban J connectivity index is 2.54. The van der Waals surface area contributed by atoms with E-state index in [1.807, 2.05) is 27.7 Å². The SMILES string of the molecule is CC(C)(C)OC(=O)N1CC[C@](C)(C=O)C1. The Kier molecular flexibility index (Phi) is 3.07. The third-order valence-electron chi connectivity index (χ3n) is 2.44. The lowest BCUT2D eigenvalue weighted by Crippen LogP contribution is -2.36. The van der Waals surface area contributed by atoms with Gasteiger partial charge < -0.3 is 14.4 Å². The van der Waals surface area contributed by atoms with Crippen molar-refractivity contribution in [2.24, 2.45) is 5.41 Å². The van der Waals surface area contributed by atoms with Gasteiger partial charge in [-0.3, -0.25) is 0 Å². The fourth-order valence-electron chi connectivity index (χ4n) is 1.56. The van der Waals surface area contributed by atoms with Crippen LogP contribution in [0.1, 0.15) is 34.1 Å². The molecule has 1 atom stereocenters. The Labute approximate surface area is 90.6 Å². The van der Waals surface area contributed by atoms with Crippen molar-refractivity contribution >= 4 is 12.4 Å². The maximum Gasteiger partial charge on any atom is 0.410 e. The van der Waals surface area contributed by atoms with Crippen LogP contribution in [0.15, 0.2) is 0 Å². The van der Waals surface area contributed by atoms with Gasteiger partial charge in [0.05, 0.1) is 0 Å². The van der Waals surface area contributed by atoms with E-state index in [1.54, 1.807) is 4.90 Å². The minimum Gasteiger partial charge on any atom is -0.444 e. The molecule has 1 rings (SSSR count). The summed E-state index contributed by atoms with van der Waals surface area (Å²) in [6, 6.07) is 0. The first kappa shape index (κ1) is 12.0. The zero-order valence-electron chi connectivity index (χ0n) is 9.87. The van der Waals surface area contributed by atoms with E-state index in [2.05, 4.69) is 0 Å². The molecular formula is C11H19NO3. The molecule has 0 spiro atoms. The average Bonchev–Trinajstić information content (AvgIpc) is 2.46. The van der Waals surface area contributed by atoms with Crippen molar-refractivity contribution in [3.05, 3.63) is 0 Å². The van der Waals surface area contributed by atoms with E-state index in [9.17, 15) is 9.59 Å².